The Morgan fingerprint density at radius 3 is 2.92 bits per heavy atom. The topological polar surface area (TPSA) is 59.2 Å². The van der Waals surface area contributed by atoms with Crippen molar-refractivity contribution in [2.24, 2.45) is 0 Å². The lowest BCUT2D eigenvalue weighted by atomic mass is 10.1. The number of hydrogen-bond donors (Lipinski definition) is 2. The van der Waals surface area contributed by atoms with Crippen LogP contribution in [0.5, 0.6) is 0 Å². The molecule has 2 N–H and O–H groups in total. The molecule has 0 amide bonds. The first-order valence-electron chi connectivity index (χ1n) is 8.92. The molecule has 1 spiro atoms. The van der Waals surface area contributed by atoms with Gasteiger partial charge in [-0.05, 0) is 24.3 Å². The second kappa shape index (κ2) is 7.35. The summed E-state index contributed by atoms with van der Waals surface area (Å²) in [5, 5.41) is 5.72. The smallest absolute Gasteiger partial charge is 0.168 e. The second-order valence-corrected chi connectivity index (χ2v) is 7.69. The molecule has 3 heterocycles. The van der Waals surface area contributed by atoms with Gasteiger partial charge in [-0.3, -0.25) is 0 Å². The molecule has 0 radical (unpaired) electrons. The Bertz CT molecular complexity index is 572. The third-order valence-electron chi connectivity index (χ3n) is 4.95. The summed E-state index contributed by atoms with van der Waals surface area (Å²) in [6, 6.07) is 4.30. The number of rotatable bonds is 5. The summed E-state index contributed by atoms with van der Waals surface area (Å²) in [5.74, 6) is 0.631. The summed E-state index contributed by atoms with van der Waals surface area (Å²) in [5.41, 5.74) is 0. The quantitative estimate of drug-likeness (QED) is 0.867. The van der Waals surface area contributed by atoms with E-state index in [2.05, 4.69) is 32.8 Å². The van der Waals surface area contributed by atoms with Crippen molar-refractivity contribution in [2.75, 3.05) is 13.2 Å². The average molecular weight is 347 g/mol. The molecule has 24 heavy (non-hydrogen) atoms. The zero-order valence-electron chi connectivity index (χ0n) is 13.9. The predicted molar refractivity (Wildman–Crippen MR) is 94.0 cm³/mol. The highest BCUT2D eigenvalue weighted by molar-refractivity contribution is 7.10. The fraction of sp³-hybridized carbons (Fsp3) is 0.611. The maximum atomic E-state index is 6.34. The van der Waals surface area contributed by atoms with Crippen LogP contribution in [0.25, 0.3) is 0 Å². The Balaban J connectivity index is 1.38. The lowest BCUT2D eigenvalue weighted by Crippen LogP contribution is -2.35. The summed E-state index contributed by atoms with van der Waals surface area (Å²) in [4.78, 5) is 8.91. The maximum Gasteiger partial charge on any atom is 0.168 e. The summed E-state index contributed by atoms with van der Waals surface area (Å²) in [6.45, 7) is 1.45. The lowest BCUT2D eigenvalue weighted by molar-refractivity contribution is -0.175. The SMILES string of the molecule is c1csc(C(NCC2COC3(CCCCCC3)O2)c2ncc[nH]2)c1. The van der Waals surface area contributed by atoms with Gasteiger partial charge in [0.25, 0.3) is 0 Å². The molecule has 2 fully saturated rings. The third-order valence-corrected chi connectivity index (χ3v) is 5.89. The molecule has 2 aliphatic rings. The van der Waals surface area contributed by atoms with Crippen LogP contribution in [0.2, 0.25) is 0 Å². The predicted octanol–water partition coefficient (Wildman–Crippen LogP) is 3.62. The zero-order valence-corrected chi connectivity index (χ0v) is 14.7. The van der Waals surface area contributed by atoms with Crippen LogP contribution in [0.4, 0.5) is 0 Å². The third kappa shape index (κ3) is 3.57. The first kappa shape index (κ1) is 16.3. The number of aromatic amines is 1. The molecule has 1 aliphatic carbocycles. The number of H-pyrrole nitrogens is 1. The Hall–Kier alpha value is -1.21. The standard InChI is InChI=1S/C18H25N3O2S/c1-2-4-8-18(7-3-1)22-13-14(23-18)12-21-16(15-6-5-11-24-15)17-19-9-10-20-17/h5-6,9-11,14,16,21H,1-4,7-8,12-13H2,(H,19,20). The molecule has 1 saturated heterocycles. The highest BCUT2D eigenvalue weighted by atomic mass is 32.1. The van der Waals surface area contributed by atoms with Crippen molar-refractivity contribution in [3.05, 3.63) is 40.6 Å². The van der Waals surface area contributed by atoms with Gasteiger partial charge < -0.3 is 19.8 Å². The van der Waals surface area contributed by atoms with Crippen molar-refractivity contribution in [1.29, 1.82) is 0 Å². The molecule has 2 atom stereocenters. The second-order valence-electron chi connectivity index (χ2n) is 6.71. The first-order valence-corrected chi connectivity index (χ1v) is 9.80. The van der Waals surface area contributed by atoms with Gasteiger partial charge in [-0.25, -0.2) is 4.98 Å². The van der Waals surface area contributed by atoms with E-state index in [0.717, 1.165) is 25.2 Å². The van der Waals surface area contributed by atoms with E-state index < -0.39 is 0 Å². The van der Waals surface area contributed by atoms with Crippen molar-refractivity contribution < 1.29 is 9.47 Å². The fourth-order valence-electron chi connectivity index (χ4n) is 3.72. The molecule has 2 aromatic heterocycles. The Kier molecular flexibility index (Phi) is 4.98. The molecule has 130 valence electrons. The van der Waals surface area contributed by atoms with E-state index in [4.69, 9.17) is 9.47 Å². The molecule has 0 bridgehead atoms. The van der Waals surface area contributed by atoms with Crippen LogP contribution in [-0.2, 0) is 9.47 Å². The van der Waals surface area contributed by atoms with Gasteiger partial charge >= 0.3 is 0 Å². The van der Waals surface area contributed by atoms with E-state index in [1.807, 2.05) is 6.20 Å². The molecular formula is C18H25N3O2S. The minimum Gasteiger partial charge on any atom is -0.347 e. The number of nitrogens with one attached hydrogen (secondary N) is 2. The number of imidazole rings is 1. The van der Waals surface area contributed by atoms with Crippen molar-refractivity contribution in [3.8, 4) is 0 Å². The van der Waals surface area contributed by atoms with E-state index in [9.17, 15) is 0 Å². The number of ether oxygens (including phenoxy) is 2. The molecule has 5 nitrogen and oxygen atoms in total. The highest BCUT2D eigenvalue weighted by Gasteiger charge is 2.41. The summed E-state index contributed by atoms with van der Waals surface area (Å²) in [6.07, 6.45) is 10.9. The van der Waals surface area contributed by atoms with Crippen LogP contribution in [0.1, 0.15) is 55.3 Å². The summed E-state index contributed by atoms with van der Waals surface area (Å²) >= 11 is 1.74. The van der Waals surface area contributed by atoms with Crippen LogP contribution < -0.4 is 5.32 Å². The fourth-order valence-corrected chi connectivity index (χ4v) is 4.52. The summed E-state index contributed by atoms with van der Waals surface area (Å²) in [7, 11) is 0. The monoisotopic (exact) mass is 347 g/mol. The molecular weight excluding hydrogens is 322 g/mol. The van der Waals surface area contributed by atoms with Gasteiger partial charge in [0, 0.05) is 36.7 Å². The van der Waals surface area contributed by atoms with Gasteiger partial charge in [0.15, 0.2) is 5.79 Å². The maximum absolute atomic E-state index is 6.34. The molecule has 2 unspecified atom stereocenters. The van der Waals surface area contributed by atoms with Gasteiger partial charge in [0.1, 0.15) is 11.9 Å². The lowest BCUT2D eigenvalue weighted by Gasteiger charge is -2.26. The number of hydrogen-bond acceptors (Lipinski definition) is 5. The molecule has 6 heteroatoms. The van der Waals surface area contributed by atoms with Gasteiger partial charge in [0.2, 0.25) is 0 Å². The van der Waals surface area contributed by atoms with Crippen LogP contribution in [0.3, 0.4) is 0 Å². The Morgan fingerprint density at radius 1 is 1.33 bits per heavy atom. The van der Waals surface area contributed by atoms with Crippen molar-refractivity contribution in [1.82, 2.24) is 15.3 Å². The number of aromatic nitrogens is 2. The van der Waals surface area contributed by atoms with Gasteiger partial charge in [-0.2, -0.15) is 0 Å². The van der Waals surface area contributed by atoms with Gasteiger partial charge in [-0.15, -0.1) is 11.3 Å². The first-order chi connectivity index (χ1) is 11.8. The van der Waals surface area contributed by atoms with E-state index in [-0.39, 0.29) is 17.9 Å². The average Bonchev–Trinajstić information content (AvgIpc) is 3.31. The van der Waals surface area contributed by atoms with E-state index in [0.29, 0.717) is 6.61 Å². The normalized spacial score (nSPS) is 24.9. The Morgan fingerprint density at radius 2 is 2.21 bits per heavy atom. The van der Waals surface area contributed by atoms with Crippen molar-refractivity contribution in [3.63, 3.8) is 0 Å². The van der Waals surface area contributed by atoms with Gasteiger partial charge in [-0.1, -0.05) is 18.9 Å². The number of nitrogens with zero attached hydrogens (tertiary/aromatic N) is 1. The van der Waals surface area contributed by atoms with Crippen LogP contribution in [0.15, 0.2) is 29.9 Å². The van der Waals surface area contributed by atoms with Crippen molar-refractivity contribution in [2.45, 2.75) is 56.5 Å². The Labute approximate surface area is 146 Å². The molecule has 1 aliphatic heterocycles. The van der Waals surface area contributed by atoms with Crippen LogP contribution >= 0.6 is 11.3 Å². The summed E-state index contributed by atoms with van der Waals surface area (Å²) < 4.78 is 12.4. The van der Waals surface area contributed by atoms with Crippen LogP contribution in [0, 0.1) is 0 Å². The molecule has 4 rings (SSSR count). The van der Waals surface area contributed by atoms with Crippen LogP contribution in [-0.4, -0.2) is 35.0 Å². The highest BCUT2D eigenvalue weighted by Crippen LogP contribution is 2.36. The minimum absolute atomic E-state index is 0.0780. The minimum atomic E-state index is -0.314. The number of thiophene rings is 1. The zero-order chi connectivity index (χ0) is 16.2. The van der Waals surface area contributed by atoms with E-state index >= 15 is 0 Å². The van der Waals surface area contributed by atoms with E-state index in [1.165, 1.54) is 30.6 Å². The largest absolute Gasteiger partial charge is 0.347 e. The van der Waals surface area contributed by atoms with Gasteiger partial charge in [0.05, 0.1) is 12.7 Å². The van der Waals surface area contributed by atoms with E-state index in [1.54, 1.807) is 17.5 Å². The molecule has 2 aromatic rings. The molecule has 0 aromatic carbocycles. The molecule has 1 saturated carbocycles. The van der Waals surface area contributed by atoms with Crippen molar-refractivity contribution >= 4 is 11.3 Å².